The van der Waals surface area contributed by atoms with Crippen LogP contribution in [0.1, 0.15) is 30.9 Å². The summed E-state index contributed by atoms with van der Waals surface area (Å²) in [5.74, 6) is 1.43. The van der Waals surface area contributed by atoms with Crippen molar-refractivity contribution in [1.82, 2.24) is 0 Å². The lowest BCUT2D eigenvalue weighted by molar-refractivity contribution is -0.139. The molecule has 0 amide bonds. The van der Waals surface area contributed by atoms with Gasteiger partial charge in [0.1, 0.15) is 11.5 Å². The van der Waals surface area contributed by atoms with Crippen LogP contribution in [-0.4, -0.2) is 31.1 Å². The molecule has 0 saturated carbocycles. The maximum atomic E-state index is 10.9. The zero-order valence-electron chi connectivity index (χ0n) is 14.2. The molecule has 1 N–H and O–H groups in total. The van der Waals surface area contributed by atoms with Gasteiger partial charge >= 0.3 is 5.97 Å². The number of hydrogen-bond donors (Lipinski definition) is 1. The van der Waals surface area contributed by atoms with Gasteiger partial charge in [-0.1, -0.05) is 19.1 Å². The van der Waals surface area contributed by atoms with Crippen molar-refractivity contribution < 1.29 is 28.8 Å². The van der Waals surface area contributed by atoms with Crippen LogP contribution in [0.4, 0.5) is 0 Å². The molecule has 6 heteroatoms. The average molecular weight is 344 g/mol. The van der Waals surface area contributed by atoms with Gasteiger partial charge < -0.3 is 24.1 Å². The van der Waals surface area contributed by atoms with E-state index in [2.05, 4.69) is 0 Å². The van der Waals surface area contributed by atoms with Gasteiger partial charge in [0.15, 0.2) is 18.1 Å². The molecule has 25 heavy (non-hydrogen) atoms. The second kappa shape index (κ2) is 7.34. The monoisotopic (exact) mass is 344 g/mol. The summed E-state index contributed by atoms with van der Waals surface area (Å²) in [6.45, 7) is 4.32. The van der Waals surface area contributed by atoms with Crippen molar-refractivity contribution in [3.63, 3.8) is 0 Å². The van der Waals surface area contributed by atoms with E-state index in [9.17, 15) is 4.79 Å². The summed E-state index contributed by atoms with van der Waals surface area (Å²) in [6.07, 6.45) is 0. The number of fused-ring (bicyclic) bond motifs is 1. The smallest absolute Gasteiger partial charge is 0.341 e. The Balaban J connectivity index is 1.91. The lowest BCUT2D eigenvalue weighted by Crippen LogP contribution is -2.11. The van der Waals surface area contributed by atoms with E-state index in [1.54, 1.807) is 6.07 Å². The number of carboxylic acid groups (broad SMARTS) is 1. The van der Waals surface area contributed by atoms with Gasteiger partial charge in [0.05, 0.1) is 6.61 Å². The molecular weight excluding hydrogens is 324 g/mol. The van der Waals surface area contributed by atoms with Gasteiger partial charge in [0.25, 0.3) is 0 Å². The highest BCUT2D eigenvalue weighted by Gasteiger charge is 2.22. The molecule has 0 unspecified atom stereocenters. The minimum absolute atomic E-state index is 0.0195. The largest absolute Gasteiger partial charge is 0.494 e. The fourth-order valence-electron chi connectivity index (χ4n) is 2.74. The van der Waals surface area contributed by atoms with E-state index in [1.165, 1.54) is 0 Å². The first-order valence-corrected chi connectivity index (χ1v) is 8.09. The third kappa shape index (κ3) is 3.79. The zero-order chi connectivity index (χ0) is 17.8. The lowest BCUT2D eigenvalue weighted by atomic mass is 9.92. The molecule has 1 heterocycles. The summed E-state index contributed by atoms with van der Waals surface area (Å²) in [5.41, 5.74) is 1.90. The number of rotatable bonds is 7. The van der Waals surface area contributed by atoms with Crippen LogP contribution in [0.15, 0.2) is 36.4 Å². The van der Waals surface area contributed by atoms with Gasteiger partial charge in [-0.25, -0.2) is 4.79 Å². The van der Waals surface area contributed by atoms with Crippen LogP contribution in [-0.2, 0) is 4.79 Å². The zero-order valence-corrected chi connectivity index (χ0v) is 14.2. The van der Waals surface area contributed by atoms with E-state index in [0.717, 1.165) is 16.9 Å². The predicted molar refractivity (Wildman–Crippen MR) is 90.8 cm³/mol. The van der Waals surface area contributed by atoms with Crippen LogP contribution < -0.4 is 18.9 Å². The average Bonchev–Trinajstić information content (AvgIpc) is 3.06. The Kier molecular flexibility index (Phi) is 4.97. The molecule has 6 nitrogen and oxygen atoms in total. The normalized spacial score (nSPS) is 13.4. The maximum Gasteiger partial charge on any atom is 0.341 e. The highest BCUT2D eigenvalue weighted by Crippen LogP contribution is 2.42. The molecule has 1 aliphatic heterocycles. The fraction of sp³-hybridized carbons (Fsp3) is 0.316. The molecular formula is C19H20O6. The van der Waals surface area contributed by atoms with Crippen LogP contribution in [0.2, 0.25) is 0 Å². The van der Waals surface area contributed by atoms with Gasteiger partial charge in [-0.3, -0.25) is 0 Å². The summed E-state index contributed by atoms with van der Waals surface area (Å²) >= 11 is 0. The molecule has 0 fully saturated rings. The minimum atomic E-state index is -1.03. The van der Waals surface area contributed by atoms with Crippen molar-refractivity contribution in [2.45, 2.75) is 19.8 Å². The number of aliphatic carboxylic acids is 1. The molecule has 2 aromatic rings. The van der Waals surface area contributed by atoms with Gasteiger partial charge in [-0.2, -0.15) is 0 Å². The van der Waals surface area contributed by atoms with Crippen LogP contribution in [0.25, 0.3) is 0 Å². The van der Waals surface area contributed by atoms with Crippen molar-refractivity contribution >= 4 is 5.97 Å². The van der Waals surface area contributed by atoms with Crippen molar-refractivity contribution in [2.75, 3.05) is 20.0 Å². The van der Waals surface area contributed by atoms with Crippen LogP contribution >= 0.6 is 0 Å². The Bertz CT molecular complexity index is 753. The number of ether oxygens (including phenoxy) is 4. The fourth-order valence-corrected chi connectivity index (χ4v) is 2.74. The van der Waals surface area contributed by atoms with Gasteiger partial charge in [-0.15, -0.1) is 0 Å². The Morgan fingerprint density at radius 3 is 2.48 bits per heavy atom. The van der Waals surface area contributed by atoms with E-state index in [0.29, 0.717) is 23.9 Å². The number of carbonyl (C=O) groups is 1. The summed E-state index contributed by atoms with van der Waals surface area (Å²) in [7, 11) is 0. The summed E-state index contributed by atoms with van der Waals surface area (Å²) in [6, 6.07) is 11.3. The Morgan fingerprint density at radius 2 is 1.84 bits per heavy atom. The Labute approximate surface area is 145 Å². The second-order valence-corrected chi connectivity index (χ2v) is 5.65. The summed E-state index contributed by atoms with van der Waals surface area (Å²) in [4.78, 5) is 10.9. The van der Waals surface area contributed by atoms with Gasteiger partial charge in [0, 0.05) is 17.5 Å². The lowest BCUT2D eigenvalue weighted by Gasteiger charge is -2.18. The van der Waals surface area contributed by atoms with Crippen LogP contribution in [0.3, 0.4) is 0 Å². The number of carboxylic acids is 1. The SMILES string of the molecule is CCOc1ccc([C@@H](C)c2cc3c(cc2OCC(=O)O)OCO3)cc1. The molecule has 132 valence electrons. The molecule has 1 aliphatic rings. The van der Waals surface area contributed by atoms with Crippen molar-refractivity contribution in [3.8, 4) is 23.0 Å². The first-order chi connectivity index (χ1) is 12.1. The Hall–Kier alpha value is -2.89. The van der Waals surface area contributed by atoms with Crippen molar-refractivity contribution in [2.24, 2.45) is 0 Å². The predicted octanol–water partition coefficient (Wildman–Crippen LogP) is 3.43. The molecule has 0 aromatic heterocycles. The van der Waals surface area contributed by atoms with E-state index >= 15 is 0 Å². The minimum Gasteiger partial charge on any atom is -0.494 e. The van der Waals surface area contributed by atoms with Crippen LogP contribution in [0.5, 0.6) is 23.0 Å². The van der Waals surface area contributed by atoms with E-state index in [-0.39, 0.29) is 12.7 Å². The molecule has 1 atom stereocenters. The maximum absolute atomic E-state index is 10.9. The first-order valence-electron chi connectivity index (χ1n) is 8.09. The highest BCUT2D eigenvalue weighted by molar-refractivity contribution is 5.68. The van der Waals surface area contributed by atoms with Gasteiger partial charge in [0.2, 0.25) is 6.79 Å². The van der Waals surface area contributed by atoms with Gasteiger partial charge in [-0.05, 0) is 30.7 Å². The summed E-state index contributed by atoms with van der Waals surface area (Å²) in [5, 5.41) is 8.90. The number of benzene rings is 2. The van der Waals surface area contributed by atoms with Crippen LogP contribution in [0, 0.1) is 0 Å². The third-order valence-corrected chi connectivity index (χ3v) is 4.01. The summed E-state index contributed by atoms with van der Waals surface area (Å²) < 4.78 is 21.7. The topological polar surface area (TPSA) is 74.2 Å². The van der Waals surface area contributed by atoms with Crippen molar-refractivity contribution in [1.29, 1.82) is 0 Å². The van der Waals surface area contributed by atoms with E-state index in [1.807, 2.05) is 44.2 Å². The third-order valence-electron chi connectivity index (χ3n) is 4.01. The number of hydrogen-bond acceptors (Lipinski definition) is 5. The Morgan fingerprint density at radius 1 is 1.16 bits per heavy atom. The molecule has 0 spiro atoms. The molecule has 0 bridgehead atoms. The van der Waals surface area contributed by atoms with E-state index in [4.69, 9.17) is 24.1 Å². The molecule has 0 aliphatic carbocycles. The van der Waals surface area contributed by atoms with E-state index < -0.39 is 12.6 Å². The molecule has 0 radical (unpaired) electrons. The molecule has 3 rings (SSSR count). The standard InChI is InChI=1S/C19H20O6/c1-3-22-14-6-4-13(5-7-14)12(2)15-8-17-18(25-11-24-17)9-16(15)23-10-19(20)21/h4-9,12H,3,10-11H2,1-2H3,(H,20,21)/t12-/m1/s1. The molecule has 0 saturated heterocycles. The first kappa shape index (κ1) is 17.0. The second-order valence-electron chi connectivity index (χ2n) is 5.65. The quantitative estimate of drug-likeness (QED) is 0.829. The highest BCUT2D eigenvalue weighted by atomic mass is 16.7. The molecule has 2 aromatic carbocycles. The van der Waals surface area contributed by atoms with Crippen molar-refractivity contribution in [3.05, 3.63) is 47.5 Å².